The summed E-state index contributed by atoms with van der Waals surface area (Å²) in [6.07, 6.45) is 72.3. The number of esters is 4. The quantitative estimate of drug-likeness (QED) is 0.0222. The summed E-state index contributed by atoms with van der Waals surface area (Å²) >= 11 is 0. The standard InChI is InChI=1S/C90H176O17P2/c1-8-9-10-11-12-13-14-15-16-17-18-22-27-32-37-42-50-57-64-71-87(92)100-77-85(106-89(94)73-66-59-52-43-38-33-28-23-20-19-21-25-30-35-40-47-54-61-68-81(2)3)79-104-108(96,97)102-75-84(91)76-103-109(98,99)105-80-86(78-101-88(93)72-65-58-51-46-45-49-56-63-70-83(6)7)107-90(95)74-67-60-53-44-39-34-29-24-26-31-36-41-48-55-62-69-82(4)5/h81-86,91H,8-80H2,1-7H3,(H,96,97)(H,98,99)/t84-,85-,86-/m1/s1. The van der Waals surface area contributed by atoms with Crippen molar-refractivity contribution in [1.29, 1.82) is 0 Å². The smallest absolute Gasteiger partial charge is 0.462 e. The predicted octanol–water partition coefficient (Wildman–Crippen LogP) is 27.6. The third kappa shape index (κ3) is 83.8. The fourth-order valence-corrected chi connectivity index (χ4v) is 15.7. The van der Waals surface area contributed by atoms with E-state index < -0.39 is 97.5 Å². The summed E-state index contributed by atoms with van der Waals surface area (Å²) in [5, 5.41) is 10.7. The lowest BCUT2D eigenvalue weighted by Crippen LogP contribution is -2.30. The van der Waals surface area contributed by atoms with Gasteiger partial charge in [-0.15, -0.1) is 0 Å². The van der Waals surface area contributed by atoms with Gasteiger partial charge in [-0.1, -0.05) is 427 Å². The lowest BCUT2D eigenvalue weighted by atomic mass is 10.0. The first-order valence-corrected chi connectivity index (χ1v) is 49.3. The number of ether oxygens (including phenoxy) is 4. The lowest BCUT2D eigenvalue weighted by Gasteiger charge is -2.21. The molecular weight excluding hydrogens is 1410 g/mol. The van der Waals surface area contributed by atoms with Crippen molar-refractivity contribution in [2.24, 2.45) is 17.8 Å². The summed E-state index contributed by atoms with van der Waals surface area (Å²) in [5.74, 6) is 0.249. The first kappa shape index (κ1) is 107. The van der Waals surface area contributed by atoms with Crippen molar-refractivity contribution >= 4 is 39.5 Å². The number of carbonyl (C=O) groups excluding carboxylic acids is 4. The van der Waals surface area contributed by atoms with Gasteiger partial charge in [0.15, 0.2) is 12.2 Å². The number of hydrogen-bond donors (Lipinski definition) is 3. The molecule has 0 aromatic rings. The summed E-state index contributed by atoms with van der Waals surface area (Å²) < 4.78 is 69.0. The van der Waals surface area contributed by atoms with Crippen LogP contribution in [0.1, 0.15) is 479 Å². The van der Waals surface area contributed by atoms with Crippen LogP contribution in [0.4, 0.5) is 0 Å². The number of carbonyl (C=O) groups is 4. The number of rotatable bonds is 88. The highest BCUT2D eigenvalue weighted by Gasteiger charge is 2.31. The van der Waals surface area contributed by atoms with Crippen LogP contribution in [0, 0.1) is 17.8 Å². The van der Waals surface area contributed by atoms with Crippen molar-refractivity contribution in [3.8, 4) is 0 Å². The van der Waals surface area contributed by atoms with Crippen molar-refractivity contribution in [3.63, 3.8) is 0 Å². The summed E-state index contributed by atoms with van der Waals surface area (Å²) in [6, 6.07) is 0. The molecular formula is C90H176O17P2. The number of aliphatic hydroxyl groups excluding tert-OH is 1. The molecule has 0 saturated carbocycles. The van der Waals surface area contributed by atoms with Crippen LogP contribution in [0.2, 0.25) is 0 Å². The summed E-state index contributed by atoms with van der Waals surface area (Å²) in [7, 11) is -9.94. The minimum atomic E-state index is -4.97. The van der Waals surface area contributed by atoms with E-state index in [4.69, 9.17) is 37.0 Å². The van der Waals surface area contributed by atoms with Crippen molar-refractivity contribution in [2.75, 3.05) is 39.6 Å². The second-order valence-corrected chi connectivity index (χ2v) is 36.7. The fourth-order valence-electron chi connectivity index (χ4n) is 14.1. The molecule has 5 atom stereocenters. The third-order valence-electron chi connectivity index (χ3n) is 21.1. The molecule has 0 aliphatic carbocycles. The average molecular weight is 1590 g/mol. The maximum Gasteiger partial charge on any atom is 0.472 e. The molecule has 0 amide bonds. The van der Waals surface area contributed by atoms with E-state index in [0.717, 1.165) is 108 Å². The highest BCUT2D eigenvalue weighted by atomic mass is 31.2. The largest absolute Gasteiger partial charge is 0.472 e. The van der Waals surface area contributed by atoms with Gasteiger partial charge in [-0.25, -0.2) is 9.13 Å². The normalized spacial score (nSPS) is 13.8. The Morgan fingerprint density at radius 1 is 0.248 bits per heavy atom. The lowest BCUT2D eigenvalue weighted by molar-refractivity contribution is -0.161. The van der Waals surface area contributed by atoms with Crippen LogP contribution in [0.5, 0.6) is 0 Å². The molecule has 3 N–H and O–H groups in total. The Labute approximate surface area is 670 Å². The number of phosphoric acid groups is 2. The van der Waals surface area contributed by atoms with E-state index in [1.807, 2.05) is 0 Å². The third-order valence-corrected chi connectivity index (χ3v) is 23.0. The highest BCUT2D eigenvalue weighted by Crippen LogP contribution is 2.45. The van der Waals surface area contributed by atoms with E-state index in [1.54, 1.807) is 0 Å². The molecule has 0 heterocycles. The molecule has 0 spiro atoms. The Morgan fingerprint density at radius 3 is 0.624 bits per heavy atom. The second kappa shape index (κ2) is 79.9. The van der Waals surface area contributed by atoms with Gasteiger partial charge in [-0.3, -0.25) is 37.3 Å². The Morgan fingerprint density at radius 2 is 0.422 bits per heavy atom. The Balaban J connectivity index is 5.24. The van der Waals surface area contributed by atoms with Crippen LogP contribution in [-0.4, -0.2) is 96.7 Å². The van der Waals surface area contributed by atoms with Gasteiger partial charge in [0, 0.05) is 25.7 Å². The van der Waals surface area contributed by atoms with E-state index in [9.17, 15) is 43.2 Å². The maximum absolute atomic E-state index is 13.2. The average Bonchev–Trinajstić information content (AvgIpc) is 0.900. The summed E-state index contributed by atoms with van der Waals surface area (Å²) in [6.45, 7) is 12.0. The minimum absolute atomic E-state index is 0.107. The monoisotopic (exact) mass is 1590 g/mol. The number of unbranched alkanes of at least 4 members (excludes halogenated alkanes) is 56. The molecule has 0 aliphatic heterocycles. The van der Waals surface area contributed by atoms with Gasteiger partial charge in [0.25, 0.3) is 0 Å². The topological polar surface area (TPSA) is 237 Å². The van der Waals surface area contributed by atoms with Gasteiger partial charge in [0.05, 0.1) is 26.4 Å². The van der Waals surface area contributed by atoms with Gasteiger partial charge < -0.3 is 33.8 Å². The van der Waals surface area contributed by atoms with Gasteiger partial charge in [0.2, 0.25) is 0 Å². The molecule has 0 aromatic carbocycles. The first-order valence-electron chi connectivity index (χ1n) is 46.3. The molecule has 0 aliphatic rings. The zero-order valence-electron chi connectivity index (χ0n) is 72.0. The van der Waals surface area contributed by atoms with Crippen LogP contribution < -0.4 is 0 Å². The molecule has 0 fully saturated rings. The fraction of sp³-hybridized carbons (Fsp3) is 0.956. The first-order chi connectivity index (χ1) is 52.7. The van der Waals surface area contributed by atoms with Crippen LogP contribution in [0.15, 0.2) is 0 Å². The Bertz CT molecular complexity index is 2100. The summed E-state index contributed by atoms with van der Waals surface area (Å²) in [4.78, 5) is 73.4. The van der Waals surface area contributed by atoms with Crippen LogP contribution in [0.3, 0.4) is 0 Å². The maximum atomic E-state index is 13.2. The van der Waals surface area contributed by atoms with E-state index in [-0.39, 0.29) is 25.7 Å². The van der Waals surface area contributed by atoms with Crippen molar-refractivity contribution in [3.05, 3.63) is 0 Å². The van der Waals surface area contributed by atoms with Crippen LogP contribution in [0.25, 0.3) is 0 Å². The van der Waals surface area contributed by atoms with Gasteiger partial charge >= 0.3 is 39.5 Å². The van der Waals surface area contributed by atoms with Crippen molar-refractivity contribution in [2.45, 2.75) is 497 Å². The Hall–Kier alpha value is -1.94. The van der Waals surface area contributed by atoms with Crippen molar-refractivity contribution in [1.82, 2.24) is 0 Å². The molecule has 648 valence electrons. The predicted molar refractivity (Wildman–Crippen MR) is 451 cm³/mol. The van der Waals surface area contributed by atoms with Crippen molar-refractivity contribution < 1.29 is 80.2 Å². The molecule has 0 aromatic heterocycles. The number of aliphatic hydroxyl groups is 1. The van der Waals surface area contributed by atoms with Gasteiger partial charge in [-0.05, 0) is 43.4 Å². The van der Waals surface area contributed by atoms with Crippen LogP contribution >= 0.6 is 15.6 Å². The van der Waals surface area contributed by atoms with E-state index >= 15 is 0 Å². The Kier molecular flexibility index (Phi) is 78.5. The molecule has 19 heteroatoms. The molecule has 0 bridgehead atoms. The van der Waals surface area contributed by atoms with Crippen LogP contribution in [-0.2, 0) is 65.4 Å². The zero-order valence-corrected chi connectivity index (χ0v) is 73.8. The number of hydrogen-bond acceptors (Lipinski definition) is 15. The molecule has 0 rings (SSSR count). The van der Waals surface area contributed by atoms with E-state index in [2.05, 4.69) is 48.5 Å². The summed E-state index contributed by atoms with van der Waals surface area (Å²) in [5.41, 5.74) is 0. The molecule has 109 heavy (non-hydrogen) atoms. The molecule has 0 radical (unpaired) electrons. The number of phosphoric ester groups is 2. The molecule has 2 unspecified atom stereocenters. The van der Waals surface area contributed by atoms with E-state index in [0.29, 0.717) is 25.7 Å². The van der Waals surface area contributed by atoms with E-state index in [1.165, 1.54) is 289 Å². The molecule has 17 nitrogen and oxygen atoms in total. The second-order valence-electron chi connectivity index (χ2n) is 33.8. The zero-order chi connectivity index (χ0) is 80.0. The SMILES string of the molecule is CCCCCCCCCCCCCCCCCCCCCC(=O)OC[C@H](COP(=O)(O)OC[C@@H](O)COP(=O)(O)OC[C@@H](COC(=O)CCCCCCCCCCC(C)C)OC(=O)CCCCCCCCCCCCCCCCCC(C)C)OC(=O)CCCCCCCCCCCCCCCCCCCCC(C)C. The molecule has 0 saturated heterocycles. The van der Waals surface area contributed by atoms with Gasteiger partial charge in [-0.2, -0.15) is 0 Å². The van der Waals surface area contributed by atoms with Gasteiger partial charge in [0.1, 0.15) is 19.3 Å². The highest BCUT2D eigenvalue weighted by molar-refractivity contribution is 7.47. The minimum Gasteiger partial charge on any atom is -0.462 e.